The third-order valence-electron chi connectivity index (χ3n) is 3.31. The normalized spacial score (nSPS) is 12.2. The van der Waals surface area contributed by atoms with Crippen molar-refractivity contribution in [2.24, 2.45) is 5.92 Å². The summed E-state index contributed by atoms with van der Waals surface area (Å²) in [4.78, 5) is 24.2. The van der Waals surface area contributed by atoms with Crippen LogP contribution in [0.2, 0.25) is 0 Å². The molecule has 6 heteroatoms. The lowest BCUT2D eigenvalue weighted by molar-refractivity contribution is -0.141. The number of hydrogen-bond donors (Lipinski definition) is 1. The number of nitrogens with zero attached hydrogens (tertiary/aromatic N) is 3. The Labute approximate surface area is 131 Å². The zero-order valence-electron chi connectivity index (χ0n) is 12.1. The van der Waals surface area contributed by atoms with E-state index in [0.717, 1.165) is 21.4 Å². The van der Waals surface area contributed by atoms with Crippen molar-refractivity contribution >= 4 is 21.9 Å². The highest BCUT2D eigenvalue weighted by molar-refractivity contribution is 9.10. The van der Waals surface area contributed by atoms with Gasteiger partial charge >= 0.3 is 5.97 Å². The number of aromatic nitrogens is 3. The minimum atomic E-state index is -0.813. The Bertz CT molecular complexity index is 648. The topological polar surface area (TPSA) is 76.0 Å². The number of carbonyl (C=O) groups is 1. The van der Waals surface area contributed by atoms with Crippen LogP contribution in [0, 0.1) is 19.8 Å². The Balaban J connectivity index is 2.37. The van der Waals surface area contributed by atoms with Gasteiger partial charge in [0.2, 0.25) is 0 Å². The second-order valence-electron chi connectivity index (χ2n) is 5.00. The molecule has 0 spiro atoms. The summed E-state index contributed by atoms with van der Waals surface area (Å²) in [7, 11) is 0. The number of halogens is 1. The quantitative estimate of drug-likeness (QED) is 0.917. The van der Waals surface area contributed by atoms with Crippen LogP contribution in [0.3, 0.4) is 0 Å². The Morgan fingerprint density at radius 2 is 1.90 bits per heavy atom. The molecule has 21 heavy (non-hydrogen) atoms. The second-order valence-corrected chi connectivity index (χ2v) is 5.92. The van der Waals surface area contributed by atoms with Crippen molar-refractivity contribution in [3.8, 4) is 11.5 Å². The van der Waals surface area contributed by atoms with Gasteiger partial charge in [0, 0.05) is 22.1 Å². The molecule has 2 aromatic heterocycles. The molecule has 2 heterocycles. The Hall–Kier alpha value is -1.82. The van der Waals surface area contributed by atoms with Gasteiger partial charge in [0.1, 0.15) is 5.69 Å². The number of carboxylic acid groups (broad SMARTS) is 1. The van der Waals surface area contributed by atoms with Gasteiger partial charge in [-0.15, -0.1) is 0 Å². The smallest absolute Gasteiger partial charge is 0.306 e. The van der Waals surface area contributed by atoms with E-state index in [1.165, 1.54) is 0 Å². The molecule has 1 unspecified atom stereocenters. The summed E-state index contributed by atoms with van der Waals surface area (Å²) >= 11 is 3.34. The van der Waals surface area contributed by atoms with Crippen LogP contribution in [-0.2, 0) is 11.2 Å². The zero-order chi connectivity index (χ0) is 15.6. The van der Waals surface area contributed by atoms with Gasteiger partial charge in [0.25, 0.3) is 0 Å². The Kier molecular flexibility index (Phi) is 4.67. The highest BCUT2D eigenvalue weighted by Gasteiger charge is 2.17. The monoisotopic (exact) mass is 349 g/mol. The summed E-state index contributed by atoms with van der Waals surface area (Å²) in [5.74, 6) is -0.709. The zero-order valence-corrected chi connectivity index (χ0v) is 13.7. The van der Waals surface area contributed by atoms with Crippen LogP contribution >= 0.6 is 15.9 Å². The van der Waals surface area contributed by atoms with Crippen molar-refractivity contribution in [3.63, 3.8) is 0 Å². The van der Waals surface area contributed by atoms with Crippen LogP contribution < -0.4 is 0 Å². The molecule has 0 aliphatic rings. The van der Waals surface area contributed by atoms with E-state index in [9.17, 15) is 4.79 Å². The molecule has 0 saturated heterocycles. The molecule has 2 aromatic rings. The second kappa shape index (κ2) is 6.30. The van der Waals surface area contributed by atoms with Crippen molar-refractivity contribution in [1.82, 2.24) is 15.0 Å². The fourth-order valence-corrected chi connectivity index (χ4v) is 2.29. The Morgan fingerprint density at radius 3 is 2.38 bits per heavy atom. The van der Waals surface area contributed by atoms with Gasteiger partial charge in [-0.2, -0.15) is 0 Å². The summed E-state index contributed by atoms with van der Waals surface area (Å²) < 4.78 is 0.895. The Morgan fingerprint density at radius 1 is 1.29 bits per heavy atom. The first-order chi connectivity index (χ1) is 9.88. The van der Waals surface area contributed by atoms with Crippen molar-refractivity contribution in [1.29, 1.82) is 0 Å². The molecule has 0 aliphatic heterocycles. The van der Waals surface area contributed by atoms with Crippen molar-refractivity contribution < 1.29 is 9.90 Å². The fraction of sp³-hybridized carbons (Fsp3) is 0.333. The van der Waals surface area contributed by atoms with Crippen molar-refractivity contribution in [2.75, 3.05) is 0 Å². The number of carboxylic acids is 1. The van der Waals surface area contributed by atoms with Crippen LogP contribution in [0.15, 0.2) is 22.8 Å². The maximum absolute atomic E-state index is 11.0. The van der Waals surface area contributed by atoms with E-state index in [4.69, 9.17) is 5.11 Å². The number of pyridine rings is 1. The van der Waals surface area contributed by atoms with Crippen LogP contribution in [0.5, 0.6) is 0 Å². The molecule has 2 rings (SSSR count). The predicted molar refractivity (Wildman–Crippen MR) is 82.9 cm³/mol. The molecule has 0 bridgehead atoms. The van der Waals surface area contributed by atoms with Gasteiger partial charge in [0.15, 0.2) is 5.82 Å². The molecule has 1 atom stereocenters. The SMILES string of the molecule is Cc1nc(-c2ccc(Br)cn2)nc(C)c1CC(C)C(=O)O. The summed E-state index contributed by atoms with van der Waals surface area (Å²) in [6.07, 6.45) is 2.13. The molecule has 5 nitrogen and oxygen atoms in total. The summed E-state index contributed by atoms with van der Waals surface area (Å²) in [6, 6.07) is 3.73. The maximum atomic E-state index is 11.0. The molecular formula is C15H16BrN3O2. The van der Waals surface area contributed by atoms with E-state index < -0.39 is 11.9 Å². The number of aryl methyl sites for hydroxylation is 2. The van der Waals surface area contributed by atoms with Crippen LogP contribution in [0.1, 0.15) is 23.9 Å². The number of aliphatic carboxylic acids is 1. The number of rotatable bonds is 4. The largest absolute Gasteiger partial charge is 0.481 e. The third-order valence-corrected chi connectivity index (χ3v) is 3.78. The van der Waals surface area contributed by atoms with Crippen molar-refractivity contribution in [3.05, 3.63) is 39.8 Å². The first-order valence-corrected chi connectivity index (χ1v) is 7.36. The van der Waals surface area contributed by atoms with Gasteiger partial charge in [0.05, 0.1) is 5.92 Å². The average molecular weight is 350 g/mol. The van der Waals surface area contributed by atoms with Crippen molar-refractivity contribution in [2.45, 2.75) is 27.2 Å². The summed E-state index contributed by atoms with van der Waals surface area (Å²) in [5, 5.41) is 9.03. The first kappa shape index (κ1) is 15.6. The van der Waals surface area contributed by atoms with E-state index in [1.807, 2.05) is 26.0 Å². The lowest BCUT2D eigenvalue weighted by atomic mass is 9.99. The van der Waals surface area contributed by atoms with Gasteiger partial charge in [-0.1, -0.05) is 6.92 Å². The van der Waals surface area contributed by atoms with Gasteiger partial charge in [-0.05, 0) is 53.9 Å². The van der Waals surface area contributed by atoms with Gasteiger partial charge < -0.3 is 5.11 Å². The highest BCUT2D eigenvalue weighted by Crippen LogP contribution is 2.21. The summed E-state index contributed by atoms with van der Waals surface area (Å²) in [5.41, 5.74) is 3.19. The highest BCUT2D eigenvalue weighted by atomic mass is 79.9. The molecule has 0 amide bonds. The molecular weight excluding hydrogens is 334 g/mol. The molecule has 0 aliphatic carbocycles. The molecule has 1 N–H and O–H groups in total. The van der Waals surface area contributed by atoms with Crippen LogP contribution in [-0.4, -0.2) is 26.0 Å². The molecule has 0 aromatic carbocycles. The van der Waals surface area contributed by atoms with E-state index >= 15 is 0 Å². The minimum Gasteiger partial charge on any atom is -0.481 e. The fourth-order valence-electron chi connectivity index (χ4n) is 2.05. The van der Waals surface area contributed by atoms with E-state index in [2.05, 4.69) is 30.9 Å². The average Bonchev–Trinajstić information content (AvgIpc) is 2.43. The third kappa shape index (κ3) is 3.64. The van der Waals surface area contributed by atoms with E-state index in [1.54, 1.807) is 13.1 Å². The lowest BCUT2D eigenvalue weighted by Gasteiger charge is -2.12. The standard InChI is InChI=1S/C15H16BrN3O2/c1-8(15(20)21)6-12-9(2)18-14(19-10(12)3)13-5-4-11(16)7-17-13/h4-5,7-8H,6H2,1-3H3,(H,20,21). The van der Waals surface area contributed by atoms with Crippen LogP contribution in [0.25, 0.3) is 11.5 Å². The summed E-state index contributed by atoms with van der Waals surface area (Å²) in [6.45, 7) is 5.44. The minimum absolute atomic E-state index is 0.432. The van der Waals surface area contributed by atoms with Crippen LogP contribution in [0.4, 0.5) is 0 Å². The molecule has 110 valence electrons. The molecule has 0 radical (unpaired) electrons. The first-order valence-electron chi connectivity index (χ1n) is 6.57. The maximum Gasteiger partial charge on any atom is 0.306 e. The van der Waals surface area contributed by atoms with E-state index in [-0.39, 0.29) is 0 Å². The van der Waals surface area contributed by atoms with Gasteiger partial charge in [-0.25, -0.2) is 9.97 Å². The molecule has 0 saturated carbocycles. The van der Waals surface area contributed by atoms with Gasteiger partial charge in [-0.3, -0.25) is 9.78 Å². The molecule has 0 fully saturated rings. The van der Waals surface area contributed by atoms with E-state index in [0.29, 0.717) is 17.9 Å². The number of hydrogen-bond acceptors (Lipinski definition) is 4. The predicted octanol–water partition coefficient (Wildman–Crippen LogP) is 3.18. The lowest BCUT2D eigenvalue weighted by Crippen LogP contribution is -2.15.